The molecule has 2 aromatic heterocycles. The Kier molecular flexibility index (Phi) is 4.18. The molecule has 28 heavy (non-hydrogen) atoms. The van der Waals surface area contributed by atoms with Crippen LogP contribution in [0.4, 0.5) is 4.39 Å². The SMILES string of the molecule is Fc1cccc([C@H]2Cn3cnc(-c4nc(-c5cccc(Cl)c5)no4)c3CO2)c1. The average molecular weight is 397 g/mol. The van der Waals surface area contributed by atoms with Crippen LogP contribution in [0.25, 0.3) is 23.0 Å². The van der Waals surface area contributed by atoms with Crippen molar-refractivity contribution in [3.05, 3.63) is 77.0 Å². The smallest absolute Gasteiger partial charge is 0.278 e. The summed E-state index contributed by atoms with van der Waals surface area (Å²) in [4.78, 5) is 8.87. The molecule has 5 rings (SSSR count). The van der Waals surface area contributed by atoms with Crippen LogP contribution >= 0.6 is 11.6 Å². The number of nitrogens with zero attached hydrogens (tertiary/aromatic N) is 4. The van der Waals surface area contributed by atoms with E-state index in [1.165, 1.54) is 12.1 Å². The number of aromatic nitrogens is 4. The van der Waals surface area contributed by atoms with Gasteiger partial charge in [0.1, 0.15) is 11.9 Å². The van der Waals surface area contributed by atoms with Crippen LogP contribution in [0, 0.1) is 5.82 Å². The zero-order chi connectivity index (χ0) is 19.1. The third kappa shape index (κ3) is 3.08. The summed E-state index contributed by atoms with van der Waals surface area (Å²) in [5, 5.41) is 4.63. The molecule has 4 aromatic rings. The molecule has 1 aliphatic rings. The maximum Gasteiger partial charge on any atom is 0.278 e. The fourth-order valence-electron chi connectivity index (χ4n) is 3.28. The van der Waals surface area contributed by atoms with Crippen LogP contribution in [0.2, 0.25) is 5.02 Å². The molecular formula is C20H14ClFN4O2. The van der Waals surface area contributed by atoms with Crippen molar-refractivity contribution in [3.8, 4) is 23.0 Å². The van der Waals surface area contributed by atoms with E-state index in [0.29, 0.717) is 35.6 Å². The maximum atomic E-state index is 13.5. The van der Waals surface area contributed by atoms with E-state index in [4.69, 9.17) is 20.9 Å². The third-order valence-electron chi connectivity index (χ3n) is 4.66. The first-order chi connectivity index (χ1) is 13.7. The summed E-state index contributed by atoms with van der Waals surface area (Å²) in [6.07, 6.45) is 1.47. The molecular weight excluding hydrogens is 383 g/mol. The molecule has 0 amide bonds. The van der Waals surface area contributed by atoms with Gasteiger partial charge < -0.3 is 13.8 Å². The average Bonchev–Trinajstić information content (AvgIpc) is 3.34. The van der Waals surface area contributed by atoms with Crippen molar-refractivity contribution in [2.75, 3.05) is 0 Å². The van der Waals surface area contributed by atoms with E-state index in [1.54, 1.807) is 24.5 Å². The lowest BCUT2D eigenvalue weighted by molar-refractivity contribution is 0.00314. The van der Waals surface area contributed by atoms with Crippen molar-refractivity contribution in [2.45, 2.75) is 19.3 Å². The summed E-state index contributed by atoms with van der Waals surface area (Å²) in [7, 11) is 0. The van der Waals surface area contributed by atoms with E-state index in [0.717, 1.165) is 16.8 Å². The topological polar surface area (TPSA) is 66.0 Å². The Hall–Kier alpha value is -3.03. The molecule has 0 bridgehead atoms. The Morgan fingerprint density at radius 1 is 1.14 bits per heavy atom. The van der Waals surface area contributed by atoms with Crippen LogP contribution in [0.15, 0.2) is 59.4 Å². The fourth-order valence-corrected chi connectivity index (χ4v) is 3.47. The van der Waals surface area contributed by atoms with Crippen LogP contribution in [0.5, 0.6) is 0 Å². The van der Waals surface area contributed by atoms with Crippen LogP contribution in [-0.4, -0.2) is 19.7 Å². The summed E-state index contributed by atoms with van der Waals surface area (Å²) in [5.41, 5.74) is 2.98. The van der Waals surface area contributed by atoms with Crippen LogP contribution in [0.3, 0.4) is 0 Å². The predicted molar refractivity (Wildman–Crippen MR) is 99.9 cm³/mol. The van der Waals surface area contributed by atoms with Crippen molar-refractivity contribution < 1.29 is 13.7 Å². The molecule has 140 valence electrons. The lowest BCUT2D eigenvalue weighted by atomic mass is 10.1. The summed E-state index contributed by atoms with van der Waals surface area (Å²) >= 11 is 6.03. The molecule has 3 heterocycles. The summed E-state index contributed by atoms with van der Waals surface area (Å²) in [6, 6.07) is 13.7. The van der Waals surface area contributed by atoms with Gasteiger partial charge in [0.15, 0.2) is 5.69 Å². The Morgan fingerprint density at radius 2 is 2.04 bits per heavy atom. The minimum absolute atomic E-state index is 0.241. The minimum atomic E-state index is -0.280. The summed E-state index contributed by atoms with van der Waals surface area (Å²) in [5.74, 6) is 0.475. The van der Waals surface area contributed by atoms with E-state index >= 15 is 0 Å². The summed E-state index contributed by atoms with van der Waals surface area (Å²) < 4.78 is 26.8. The molecule has 6 nitrogen and oxygen atoms in total. The quantitative estimate of drug-likeness (QED) is 0.503. The molecule has 1 aliphatic heterocycles. The largest absolute Gasteiger partial charge is 0.365 e. The first kappa shape index (κ1) is 17.1. The first-order valence-electron chi connectivity index (χ1n) is 8.68. The molecule has 1 atom stereocenters. The van der Waals surface area contributed by atoms with E-state index < -0.39 is 0 Å². The van der Waals surface area contributed by atoms with Gasteiger partial charge in [0.2, 0.25) is 5.82 Å². The number of ether oxygens (including phenoxy) is 1. The van der Waals surface area contributed by atoms with Gasteiger partial charge in [-0.2, -0.15) is 4.98 Å². The highest BCUT2D eigenvalue weighted by molar-refractivity contribution is 6.30. The van der Waals surface area contributed by atoms with E-state index in [2.05, 4.69) is 15.1 Å². The maximum absolute atomic E-state index is 13.5. The van der Waals surface area contributed by atoms with Crippen LogP contribution < -0.4 is 0 Å². The molecule has 0 saturated carbocycles. The molecule has 0 fully saturated rings. The van der Waals surface area contributed by atoms with Crippen molar-refractivity contribution in [2.24, 2.45) is 0 Å². The molecule has 0 N–H and O–H groups in total. The number of hydrogen-bond acceptors (Lipinski definition) is 5. The number of benzene rings is 2. The van der Waals surface area contributed by atoms with Gasteiger partial charge in [-0.25, -0.2) is 9.37 Å². The van der Waals surface area contributed by atoms with Gasteiger partial charge in [-0.3, -0.25) is 0 Å². The molecule has 0 aliphatic carbocycles. The molecule has 8 heteroatoms. The standard InChI is InChI=1S/C20H14ClFN4O2/c21-14-5-1-4-13(7-14)19-24-20(28-25-19)18-16-10-27-17(9-26(16)11-23-18)12-3-2-6-15(22)8-12/h1-8,11,17H,9-10H2/t17-/m1/s1. The van der Waals surface area contributed by atoms with E-state index in [9.17, 15) is 4.39 Å². The van der Waals surface area contributed by atoms with Gasteiger partial charge >= 0.3 is 0 Å². The zero-order valence-corrected chi connectivity index (χ0v) is 15.3. The predicted octanol–water partition coefficient (Wildman–Crippen LogP) is 4.66. The van der Waals surface area contributed by atoms with Crippen molar-refractivity contribution in [1.29, 1.82) is 0 Å². The second-order valence-corrected chi connectivity index (χ2v) is 6.92. The Labute approximate surface area is 164 Å². The number of imidazole rings is 1. The van der Waals surface area contributed by atoms with Gasteiger partial charge in [0.05, 0.1) is 25.2 Å². The second kappa shape index (κ2) is 6.85. The Morgan fingerprint density at radius 3 is 2.89 bits per heavy atom. The summed E-state index contributed by atoms with van der Waals surface area (Å²) in [6.45, 7) is 0.840. The van der Waals surface area contributed by atoms with Gasteiger partial charge in [-0.15, -0.1) is 0 Å². The molecule has 0 unspecified atom stereocenters. The first-order valence-corrected chi connectivity index (χ1v) is 9.06. The molecule has 0 saturated heterocycles. The lowest BCUT2D eigenvalue weighted by Crippen LogP contribution is -2.20. The second-order valence-electron chi connectivity index (χ2n) is 6.48. The van der Waals surface area contributed by atoms with Gasteiger partial charge in [-0.05, 0) is 29.8 Å². The third-order valence-corrected chi connectivity index (χ3v) is 4.90. The van der Waals surface area contributed by atoms with Gasteiger partial charge in [0, 0.05) is 10.6 Å². The number of rotatable bonds is 3. The number of fused-ring (bicyclic) bond motifs is 1. The molecule has 0 spiro atoms. The van der Waals surface area contributed by atoms with Gasteiger partial charge in [-0.1, -0.05) is 41.0 Å². The van der Waals surface area contributed by atoms with E-state index in [-0.39, 0.29) is 11.9 Å². The van der Waals surface area contributed by atoms with Crippen molar-refractivity contribution >= 4 is 11.6 Å². The minimum Gasteiger partial charge on any atom is -0.365 e. The molecule has 2 aromatic carbocycles. The van der Waals surface area contributed by atoms with Crippen molar-refractivity contribution in [3.63, 3.8) is 0 Å². The van der Waals surface area contributed by atoms with Gasteiger partial charge in [0.25, 0.3) is 5.89 Å². The highest BCUT2D eigenvalue weighted by Gasteiger charge is 2.26. The highest BCUT2D eigenvalue weighted by atomic mass is 35.5. The fraction of sp³-hybridized carbons (Fsp3) is 0.150. The normalized spacial score (nSPS) is 16.1. The van der Waals surface area contributed by atoms with Crippen LogP contribution in [-0.2, 0) is 17.9 Å². The van der Waals surface area contributed by atoms with Crippen molar-refractivity contribution in [1.82, 2.24) is 19.7 Å². The Balaban J connectivity index is 1.42. The van der Waals surface area contributed by atoms with Crippen LogP contribution in [0.1, 0.15) is 17.4 Å². The molecule has 0 radical (unpaired) electrons. The zero-order valence-electron chi connectivity index (χ0n) is 14.5. The Bertz CT molecular complexity index is 1160. The van der Waals surface area contributed by atoms with E-state index in [1.807, 2.05) is 22.8 Å². The number of halogens is 2. The lowest BCUT2D eigenvalue weighted by Gasteiger charge is -2.25. The number of hydrogen-bond donors (Lipinski definition) is 0. The highest BCUT2D eigenvalue weighted by Crippen LogP contribution is 2.32. The monoisotopic (exact) mass is 396 g/mol.